The van der Waals surface area contributed by atoms with Crippen LogP contribution in [0.3, 0.4) is 0 Å². The van der Waals surface area contributed by atoms with E-state index >= 15 is 0 Å². The summed E-state index contributed by atoms with van der Waals surface area (Å²) in [7, 11) is 1.58. The maximum absolute atomic E-state index is 14.4. The second kappa shape index (κ2) is 11.8. The molecule has 3 saturated heterocycles. The minimum atomic E-state index is -0.818. The number of thioether (sulfide) groups is 1. The number of likely N-dealkylation sites (tertiary alicyclic amines) is 1. The standard InChI is InChI=1S/C28H36BrN3O5S/c1-5-12-30(13-6-2)25(34)21-22-26(35)32(15-16-33)24(28(22)17-20(29)23(21)38-28)27(36)31(14-7-3)18-8-10-19(37-4)11-9-18/h5,7-11,20-24,33H,1,3,6,12-17H2,2,4H3/t20?,21-,22+,23-,24?,28?/m1/s1. The van der Waals surface area contributed by atoms with Gasteiger partial charge in [-0.25, -0.2) is 0 Å². The molecular weight excluding hydrogens is 570 g/mol. The van der Waals surface area contributed by atoms with Crippen LogP contribution in [0.2, 0.25) is 0 Å². The van der Waals surface area contributed by atoms with E-state index in [0.717, 1.165) is 6.42 Å². The van der Waals surface area contributed by atoms with Crippen molar-refractivity contribution < 1.29 is 24.2 Å². The monoisotopic (exact) mass is 605 g/mol. The number of amides is 3. The van der Waals surface area contributed by atoms with E-state index in [9.17, 15) is 19.5 Å². The number of anilines is 1. The van der Waals surface area contributed by atoms with Crippen molar-refractivity contribution in [2.45, 2.75) is 40.6 Å². The number of aliphatic hydroxyl groups excluding tert-OH is 1. The number of aliphatic hydroxyl groups is 1. The van der Waals surface area contributed by atoms with Crippen LogP contribution >= 0.6 is 27.7 Å². The molecule has 8 nitrogen and oxygen atoms in total. The van der Waals surface area contributed by atoms with Gasteiger partial charge < -0.3 is 24.5 Å². The lowest BCUT2D eigenvalue weighted by Crippen LogP contribution is -2.56. The van der Waals surface area contributed by atoms with Crippen LogP contribution in [-0.2, 0) is 14.4 Å². The quantitative estimate of drug-likeness (QED) is 0.291. The number of halogens is 1. The summed E-state index contributed by atoms with van der Waals surface area (Å²) in [6.07, 6.45) is 4.74. The molecule has 1 spiro atoms. The molecule has 1 aromatic carbocycles. The Labute approximate surface area is 237 Å². The number of fused-ring (bicyclic) bond motifs is 1. The number of β-amino-alcohol motifs (C(OH)–C–C–N with tert-alkyl or cyclic N) is 1. The van der Waals surface area contributed by atoms with E-state index in [1.165, 1.54) is 4.90 Å². The van der Waals surface area contributed by atoms with Crippen molar-refractivity contribution in [3.8, 4) is 5.75 Å². The number of benzene rings is 1. The van der Waals surface area contributed by atoms with E-state index in [1.807, 2.05) is 6.92 Å². The first kappa shape index (κ1) is 28.7. The van der Waals surface area contributed by atoms with Crippen molar-refractivity contribution in [1.29, 1.82) is 0 Å². The molecule has 0 aliphatic carbocycles. The molecule has 6 atom stereocenters. The average Bonchev–Trinajstić information content (AvgIpc) is 3.50. The van der Waals surface area contributed by atoms with Gasteiger partial charge in [0.1, 0.15) is 11.8 Å². The largest absolute Gasteiger partial charge is 0.497 e. The highest BCUT2D eigenvalue weighted by Crippen LogP contribution is 2.68. The predicted molar refractivity (Wildman–Crippen MR) is 154 cm³/mol. The average molecular weight is 607 g/mol. The number of alkyl halides is 1. The van der Waals surface area contributed by atoms with Crippen molar-refractivity contribution in [2.75, 3.05) is 44.8 Å². The van der Waals surface area contributed by atoms with Crippen LogP contribution in [0, 0.1) is 11.8 Å². The molecule has 3 aliphatic heterocycles. The highest BCUT2D eigenvalue weighted by molar-refractivity contribution is 9.09. The molecule has 206 valence electrons. The van der Waals surface area contributed by atoms with E-state index in [0.29, 0.717) is 30.9 Å². The van der Waals surface area contributed by atoms with Gasteiger partial charge in [-0.3, -0.25) is 14.4 Å². The SMILES string of the molecule is C=CCN(CCC)C(=O)[C@H]1[C@@H]2SC3(CC2Br)C(C(=O)N(CC=C)c2ccc(OC)cc2)N(CCO)C(=O)[C@H]13. The summed E-state index contributed by atoms with van der Waals surface area (Å²) in [5.74, 6) is -1.05. The van der Waals surface area contributed by atoms with Gasteiger partial charge in [-0.1, -0.05) is 35.0 Å². The number of nitrogens with zero attached hydrogens (tertiary/aromatic N) is 3. The molecule has 0 radical (unpaired) electrons. The van der Waals surface area contributed by atoms with Gasteiger partial charge in [-0.15, -0.1) is 24.9 Å². The fourth-order valence-electron chi connectivity index (χ4n) is 6.33. The molecule has 0 saturated carbocycles. The van der Waals surface area contributed by atoms with Crippen molar-refractivity contribution in [1.82, 2.24) is 9.80 Å². The van der Waals surface area contributed by atoms with Gasteiger partial charge in [0, 0.05) is 41.9 Å². The summed E-state index contributed by atoms with van der Waals surface area (Å²) in [6, 6.07) is 6.36. The maximum atomic E-state index is 14.4. The van der Waals surface area contributed by atoms with Gasteiger partial charge >= 0.3 is 0 Å². The van der Waals surface area contributed by atoms with Crippen molar-refractivity contribution in [2.24, 2.45) is 11.8 Å². The zero-order valence-electron chi connectivity index (χ0n) is 21.9. The van der Waals surface area contributed by atoms with Gasteiger partial charge in [0.25, 0.3) is 5.91 Å². The molecule has 3 heterocycles. The minimum absolute atomic E-state index is 0.0177. The zero-order valence-corrected chi connectivity index (χ0v) is 24.3. The first-order valence-electron chi connectivity index (χ1n) is 13.0. The molecule has 3 amide bonds. The van der Waals surface area contributed by atoms with Gasteiger partial charge in [0.2, 0.25) is 11.8 Å². The summed E-state index contributed by atoms with van der Waals surface area (Å²) in [5, 5.41) is 9.77. The molecule has 4 rings (SSSR count). The fourth-order valence-corrected chi connectivity index (χ4v) is 9.93. The van der Waals surface area contributed by atoms with E-state index in [-0.39, 0.29) is 47.5 Å². The van der Waals surface area contributed by atoms with Gasteiger partial charge in [0.15, 0.2) is 0 Å². The fraction of sp³-hybridized carbons (Fsp3) is 0.536. The Morgan fingerprint density at radius 2 is 1.92 bits per heavy atom. The number of carbonyl (C=O) groups is 3. The minimum Gasteiger partial charge on any atom is -0.497 e. The van der Waals surface area contributed by atoms with Crippen LogP contribution in [0.1, 0.15) is 19.8 Å². The second-order valence-electron chi connectivity index (χ2n) is 9.93. The van der Waals surface area contributed by atoms with Crippen LogP contribution < -0.4 is 9.64 Å². The van der Waals surface area contributed by atoms with Crippen molar-refractivity contribution >= 4 is 51.1 Å². The van der Waals surface area contributed by atoms with Crippen molar-refractivity contribution in [3.63, 3.8) is 0 Å². The summed E-state index contributed by atoms with van der Waals surface area (Å²) in [5.41, 5.74) is 0.660. The molecule has 1 N–H and O–H groups in total. The van der Waals surface area contributed by atoms with Crippen LogP contribution in [0.4, 0.5) is 5.69 Å². The molecule has 2 bridgehead atoms. The zero-order chi connectivity index (χ0) is 27.6. The lowest BCUT2D eigenvalue weighted by molar-refractivity contribution is -0.144. The first-order chi connectivity index (χ1) is 18.3. The Morgan fingerprint density at radius 1 is 1.24 bits per heavy atom. The summed E-state index contributed by atoms with van der Waals surface area (Å²) >= 11 is 5.40. The van der Waals surface area contributed by atoms with Gasteiger partial charge in [-0.05, 0) is 37.1 Å². The number of rotatable bonds is 12. The normalized spacial score (nSPS) is 29.2. The van der Waals surface area contributed by atoms with Crippen LogP contribution in [-0.4, -0.2) is 93.4 Å². The Bertz CT molecular complexity index is 1080. The summed E-state index contributed by atoms with van der Waals surface area (Å²) in [4.78, 5) is 47.2. The molecular formula is C28H36BrN3O5S. The summed E-state index contributed by atoms with van der Waals surface area (Å²) in [6.45, 7) is 10.7. The summed E-state index contributed by atoms with van der Waals surface area (Å²) < 4.78 is 4.50. The Balaban J connectivity index is 1.76. The van der Waals surface area contributed by atoms with Crippen LogP contribution in [0.5, 0.6) is 5.75 Å². The topological polar surface area (TPSA) is 90.4 Å². The Kier molecular flexibility index (Phi) is 8.94. The molecule has 3 fully saturated rings. The molecule has 1 aromatic rings. The lowest BCUT2D eigenvalue weighted by atomic mass is 9.70. The van der Waals surface area contributed by atoms with E-state index in [4.69, 9.17) is 4.74 Å². The number of ether oxygens (including phenoxy) is 1. The van der Waals surface area contributed by atoms with E-state index < -0.39 is 22.6 Å². The molecule has 10 heteroatoms. The smallest absolute Gasteiger partial charge is 0.251 e. The van der Waals surface area contributed by atoms with Gasteiger partial charge in [0.05, 0.1) is 30.3 Å². The first-order valence-corrected chi connectivity index (χ1v) is 14.8. The Morgan fingerprint density at radius 3 is 2.50 bits per heavy atom. The molecule has 3 aliphatic rings. The maximum Gasteiger partial charge on any atom is 0.251 e. The number of hydrogen-bond acceptors (Lipinski definition) is 6. The van der Waals surface area contributed by atoms with E-state index in [1.54, 1.807) is 65.1 Å². The third-order valence-electron chi connectivity index (χ3n) is 7.77. The predicted octanol–water partition coefficient (Wildman–Crippen LogP) is 3.10. The van der Waals surface area contributed by atoms with Crippen LogP contribution in [0.15, 0.2) is 49.6 Å². The number of methoxy groups -OCH3 is 1. The van der Waals surface area contributed by atoms with Crippen molar-refractivity contribution in [3.05, 3.63) is 49.6 Å². The highest BCUT2D eigenvalue weighted by atomic mass is 79.9. The Hall–Kier alpha value is -2.30. The number of hydrogen-bond donors (Lipinski definition) is 1. The van der Waals surface area contributed by atoms with Gasteiger partial charge in [-0.2, -0.15) is 0 Å². The second-order valence-corrected chi connectivity index (χ2v) is 12.6. The van der Waals surface area contributed by atoms with E-state index in [2.05, 4.69) is 29.1 Å². The third kappa shape index (κ3) is 4.69. The third-order valence-corrected chi connectivity index (χ3v) is 11.0. The molecule has 0 aromatic heterocycles. The number of carbonyl (C=O) groups excluding carboxylic acids is 3. The molecule has 3 unspecified atom stereocenters. The lowest BCUT2D eigenvalue weighted by Gasteiger charge is -2.38. The molecule has 38 heavy (non-hydrogen) atoms. The van der Waals surface area contributed by atoms with Crippen LogP contribution in [0.25, 0.3) is 0 Å². The highest BCUT2D eigenvalue weighted by Gasteiger charge is 2.76.